The predicted molar refractivity (Wildman–Crippen MR) is 102 cm³/mol. The largest absolute Gasteiger partial charge is 0.420 e. The molecule has 3 rings (SSSR count). The first-order valence-electron chi connectivity index (χ1n) is 9.06. The van der Waals surface area contributed by atoms with Crippen LogP contribution in [0.5, 0.6) is 0 Å². The second-order valence-electron chi connectivity index (χ2n) is 6.48. The molecule has 27 heavy (non-hydrogen) atoms. The van der Waals surface area contributed by atoms with Crippen LogP contribution >= 0.6 is 0 Å². The van der Waals surface area contributed by atoms with E-state index in [2.05, 4.69) is 29.6 Å². The SMILES string of the molecule is CC(NCCC(c1ccccc1)c1ccccc1)C1OC(=O)C=CC(=O)O1. The van der Waals surface area contributed by atoms with E-state index in [4.69, 9.17) is 9.47 Å². The van der Waals surface area contributed by atoms with Crippen molar-refractivity contribution in [3.05, 3.63) is 83.9 Å². The summed E-state index contributed by atoms with van der Waals surface area (Å²) in [5.74, 6) is -0.912. The fourth-order valence-electron chi connectivity index (χ4n) is 3.12. The van der Waals surface area contributed by atoms with Gasteiger partial charge in [-0.2, -0.15) is 0 Å². The van der Waals surface area contributed by atoms with Gasteiger partial charge in [0.1, 0.15) is 0 Å². The number of hydrogen-bond acceptors (Lipinski definition) is 5. The number of carbonyl (C=O) groups is 2. The molecule has 0 amide bonds. The van der Waals surface area contributed by atoms with Crippen molar-refractivity contribution >= 4 is 11.9 Å². The Morgan fingerprint density at radius 1 is 0.852 bits per heavy atom. The van der Waals surface area contributed by atoms with Gasteiger partial charge in [-0.05, 0) is 31.0 Å². The number of nitrogens with one attached hydrogen (secondary N) is 1. The van der Waals surface area contributed by atoms with Gasteiger partial charge in [0.05, 0.1) is 6.04 Å². The van der Waals surface area contributed by atoms with E-state index in [0.717, 1.165) is 18.6 Å². The van der Waals surface area contributed by atoms with Gasteiger partial charge in [-0.1, -0.05) is 60.7 Å². The maximum Gasteiger partial charge on any atom is 0.334 e. The van der Waals surface area contributed by atoms with Crippen LogP contribution in [-0.4, -0.2) is 30.8 Å². The molecule has 0 fully saturated rings. The van der Waals surface area contributed by atoms with E-state index in [0.29, 0.717) is 6.54 Å². The molecule has 0 aliphatic carbocycles. The molecule has 5 nitrogen and oxygen atoms in total. The lowest BCUT2D eigenvalue weighted by atomic mass is 9.88. The quantitative estimate of drug-likeness (QED) is 0.764. The zero-order chi connectivity index (χ0) is 19.1. The van der Waals surface area contributed by atoms with E-state index in [-0.39, 0.29) is 12.0 Å². The topological polar surface area (TPSA) is 64.6 Å². The lowest BCUT2D eigenvalue weighted by Gasteiger charge is -2.24. The van der Waals surface area contributed by atoms with E-state index in [9.17, 15) is 9.59 Å². The first-order chi connectivity index (χ1) is 13.1. The Morgan fingerprint density at radius 2 is 1.33 bits per heavy atom. The number of benzene rings is 2. The van der Waals surface area contributed by atoms with E-state index in [1.807, 2.05) is 43.3 Å². The Labute approximate surface area is 159 Å². The fourth-order valence-corrected chi connectivity index (χ4v) is 3.12. The summed E-state index contributed by atoms with van der Waals surface area (Å²) in [7, 11) is 0. The molecule has 1 heterocycles. The highest BCUT2D eigenvalue weighted by Gasteiger charge is 2.26. The zero-order valence-electron chi connectivity index (χ0n) is 15.2. The molecular formula is C22H23NO4. The Bertz CT molecular complexity index is 729. The van der Waals surface area contributed by atoms with E-state index >= 15 is 0 Å². The monoisotopic (exact) mass is 365 g/mol. The lowest BCUT2D eigenvalue weighted by Crippen LogP contribution is -2.42. The number of carbonyl (C=O) groups excluding carboxylic acids is 2. The highest BCUT2D eigenvalue weighted by molar-refractivity contribution is 5.93. The Hall–Kier alpha value is -2.92. The molecule has 0 spiro atoms. The molecule has 1 atom stereocenters. The highest BCUT2D eigenvalue weighted by atomic mass is 16.7. The Morgan fingerprint density at radius 3 is 1.81 bits per heavy atom. The van der Waals surface area contributed by atoms with Crippen LogP contribution in [-0.2, 0) is 19.1 Å². The molecule has 140 valence electrons. The number of hydrogen-bond donors (Lipinski definition) is 1. The highest BCUT2D eigenvalue weighted by Crippen LogP contribution is 2.27. The number of rotatable bonds is 7. The number of cyclic esters (lactones) is 2. The van der Waals surface area contributed by atoms with Crippen LogP contribution in [0.2, 0.25) is 0 Å². The third-order valence-corrected chi connectivity index (χ3v) is 4.53. The maximum atomic E-state index is 11.5. The maximum absolute atomic E-state index is 11.5. The van der Waals surface area contributed by atoms with Gasteiger partial charge in [-0.25, -0.2) is 9.59 Å². The summed E-state index contributed by atoms with van der Waals surface area (Å²) >= 11 is 0. The Kier molecular flexibility index (Phi) is 6.39. The molecule has 0 bridgehead atoms. The van der Waals surface area contributed by atoms with Gasteiger partial charge in [-0.3, -0.25) is 0 Å². The van der Waals surface area contributed by atoms with Crippen LogP contribution in [0.4, 0.5) is 0 Å². The van der Waals surface area contributed by atoms with Crippen molar-refractivity contribution in [1.29, 1.82) is 0 Å². The molecule has 5 heteroatoms. The predicted octanol–water partition coefficient (Wildman–Crippen LogP) is 3.17. The third kappa shape index (κ3) is 5.28. The molecule has 1 aliphatic heterocycles. The Balaban J connectivity index is 1.62. The van der Waals surface area contributed by atoms with Crippen LogP contribution in [0.15, 0.2) is 72.8 Å². The summed E-state index contributed by atoms with van der Waals surface area (Å²) in [6.45, 7) is 2.51. The van der Waals surface area contributed by atoms with Gasteiger partial charge in [0.25, 0.3) is 6.29 Å². The molecule has 0 saturated carbocycles. The second-order valence-corrected chi connectivity index (χ2v) is 6.48. The molecular weight excluding hydrogens is 342 g/mol. The first kappa shape index (κ1) is 18.9. The van der Waals surface area contributed by atoms with E-state index in [1.54, 1.807) is 0 Å². The summed E-state index contributed by atoms with van der Waals surface area (Å²) in [6.07, 6.45) is 2.07. The summed E-state index contributed by atoms with van der Waals surface area (Å²) in [5, 5.41) is 3.31. The minimum absolute atomic E-state index is 0.244. The van der Waals surface area contributed by atoms with Crippen LogP contribution in [0.3, 0.4) is 0 Å². The summed E-state index contributed by atoms with van der Waals surface area (Å²) < 4.78 is 10.3. The van der Waals surface area contributed by atoms with E-state index < -0.39 is 18.2 Å². The van der Waals surface area contributed by atoms with Crippen molar-refractivity contribution in [2.75, 3.05) is 6.54 Å². The van der Waals surface area contributed by atoms with Crippen LogP contribution in [0.1, 0.15) is 30.4 Å². The molecule has 1 N–H and O–H groups in total. The summed E-state index contributed by atoms with van der Waals surface area (Å²) in [4.78, 5) is 23.1. The number of esters is 2. The van der Waals surface area contributed by atoms with Gasteiger partial charge in [0, 0.05) is 18.1 Å². The second kappa shape index (κ2) is 9.14. The van der Waals surface area contributed by atoms with Gasteiger partial charge < -0.3 is 14.8 Å². The molecule has 1 unspecified atom stereocenters. The van der Waals surface area contributed by atoms with Crippen LogP contribution < -0.4 is 5.32 Å². The molecule has 2 aromatic rings. The molecule has 0 saturated heterocycles. The first-order valence-corrected chi connectivity index (χ1v) is 9.06. The van der Waals surface area contributed by atoms with Crippen molar-refractivity contribution in [2.45, 2.75) is 31.6 Å². The van der Waals surface area contributed by atoms with Crippen molar-refractivity contribution in [2.24, 2.45) is 0 Å². The van der Waals surface area contributed by atoms with Gasteiger partial charge in [0.15, 0.2) is 0 Å². The van der Waals surface area contributed by atoms with Crippen LogP contribution in [0, 0.1) is 0 Å². The molecule has 0 radical (unpaired) electrons. The fraction of sp³-hybridized carbons (Fsp3) is 0.273. The number of ether oxygens (including phenoxy) is 2. The minimum Gasteiger partial charge on any atom is -0.420 e. The van der Waals surface area contributed by atoms with Gasteiger partial charge >= 0.3 is 11.9 Å². The normalized spacial score (nSPS) is 15.9. The van der Waals surface area contributed by atoms with Crippen molar-refractivity contribution < 1.29 is 19.1 Å². The average molecular weight is 365 g/mol. The molecule has 0 aromatic heterocycles. The van der Waals surface area contributed by atoms with Gasteiger partial charge in [-0.15, -0.1) is 0 Å². The van der Waals surface area contributed by atoms with Gasteiger partial charge in [0.2, 0.25) is 0 Å². The zero-order valence-corrected chi connectivity index (χ0v) is 15.2. The third-order valence-electron chi connectivity index (χ3n) is 4.53. The minimum atomic E-state index is -0.938. The van der Waals surface area contributed by atoms with Crippen molar-refractivity contribution in [3.63, 3.8) is 0 Å². The summed E-state index contributed by atoms with van der Waals surface area (Å²) in [5.41, 5.74) is 2.49. The van der Waals surface area contributed by atoms with Crippen molar-refractivity contribution in [3.8, 4) is 0 Å². The van der Waals surface area contributed by atoms with E-state index in [1.165, 1.54) is 11.1 Å². The lowest BCUT2D eigenvalue weighted by molar-refractivity contribution is -0.183. The molecule has 1 aliphatic rings. The average Bonchev–Trinajstić information content (AvgIpc) is 2.87. The standard InChI is InChI=1S/C22H23NO4/c1-16(22-26-20(24)12-13-21(25)27-22)23-15-14-19(17-8-4-2-5-9-17)18-10-6-3-7-11-18/h2-13,16,19,22-23H,14-15H2,1H3. The molecule has 2 aromatic carbocycles. The summed E-state index contributed by atoms with van der Waals surface area (Å²) in [6, 6.07) is 20.4. The van der Waals surface area contributed by atoms with Crippen molar-refractivity contribution in [1.82, 2.24) is 5.32 Å². The smallest absolute Gasteiger partial charge is 0.334 e. The van der Waals surface area contributed by atoms with Crippen LogP contribution in [0.25, 0.3) is 0 Å².